The normalized spacial score (nSPS) is 10.9. The monoisotopic (exact) mass is 196 g/mol. The molecule has 0 bridgehead atoms. The molecule has 0 aliphatic heterocycles. The number of halogens is 1. The standard InChI is InChI=1S/C11H17FN2/c1-3-14(2)8-10-5-4-9(7-13)6-11(10)12/h4-6H,3,7-8,13H2,1-2H3. The van der Waals surface area contributed by atoms with Crippen molar-refractivity contribution in [3.05, 3.63) is 35.1 Å². The van der Waals surface area contributed by atoms with Crippen molar-refractivity contribution >= 4 is 0 Å². The van der Waals surface area contributed by atoms with Crippen LogP contribution in [0.2, 0.25) is 0 Å². The highest BCUT2D eigenvalue weighted by molar-refractivity contribution is 5.24. The predicted octanol–water partition coefficient (Wildman–Crippen LogP) is 1.74. The molecule has 0 spiro atoms. The number of benzene rings is 1. The predicted molar refractivity (Wildman–Crippen MR) is 56.3 cm³/mol. The molecule has 0 aromatic heterocycles. The summed E-state index contributed by atoms with van der Waals surface area (Å²) in [5, 5.41) is 0. The Morgan fingerprint density at radius 3 is 2.64 bits per heavy atom. The third-order valence-electron chi connectivity index (χ3n) is 2.33. The minimum atomic E-state index is -0.159. The molecular weight excluding hydrogens is 179 g/mol. The van der Waals surface area contributed by atoms with E-state index in [1.807, 2.05) is 26.1 Å². The van der Waals surface area contributed by atoms with Crippen LogP contribution >= 0.6 is 0 Å². The number of nitrogens with two attached hydrogens (primary N) is 1. The third-order valence-corrected chi connectivity index (χ3v) is 2.33. The van der Waals surface area contributed by atoms with Crippen LogP contribution in [0.5, 0.6) is 0 Å². The molecule has 0 saturated heterocycles. The molecule has 0 saturated carbocycles. The third kappa shape index (κ3) is 2.79. The van der Waals surface area contributed by atoms with Crippen LogP contribution in [0.25, 0.3) is 0 Å². The Morgan fingerprint density at radius 1 is 1.43 bits per heavy atom. The molecule has 3 heteroatoms. The van der Waals surface area contributed by atoms with Gasteiger partial charge in [-0.3, -0.25) is 0 Å². The van der Waals surface area contributed by atoms with Crippen molar-refractivity contribution in [1.82, 2.24) is 4.90 Å². The van der Waals surface area contributed by atoms with Crippen molar-refractivity contribution in [2.75, 3.05) is 13.6 Å². The molecule has 0 aliphatic rings. The zero-order valence-corrected chi connectivity index (χ0v) is 8.76. The molecule has 2 N–H and O–H groups in total. The second-order valence-corrected chi connectivity index (χ2v) is 3.46. The van der Waals surface area contributed by atoms with Crippen LogP contribution in [-0.2, 0) is 13.1 Å². The lowest BCUT2D eigenvalue weighted by molar-refractivity contribution is 0.339. The lowest BCUT2D eigenvalue weighted by atomic mass is 10.1. The summed E-state index contributed by atoms with van der Waals surface area (Å²) in [5.41, 5.74) is 6.99. The Hall–Kier alpha value is -0.930. The van der Waals surface area contributed by atoms with Crippen molar-refractivity contribution in [1.29, 1.82) is 0 Å². The van der Waals surface area contributed by atoms with Crippen molar-refractivity contribution in [3.63, 3.8) is 0 Å². The Kier molecular flexibility index (Phi) is 4.04. The van der Waals surface area contributed by atoms with E-state index in [2.05, 4.69) is 4.90 Å². The van der Waals surface area contributed by atoms with Gasteiger partial charge in [-0.05, 0) is 25.2 Å². The summed E-state index contributed by atoms with van der Waals surface area (Å²) in [6, 6.07) is 5.20. The fourth-order valence-electron chi connectivity index (χ4n) is 1.25. The van der Waals surface area contributed by atoms with Gasteiger partial charge in [0.15, 0.2) is 0 Å². The first kappa shape index (κ1) is 11.1. The zero-order chi connectivity index (χ0) is 10.6. The number of hydrogen-bond donors (Lipinski definition) is 1. The van der Waals surface area contributed by atoms with Crippen LogP contribution in [0.4, 0.5) is 4.39 Å². The highest BCUT2D eigenvalue weighted by Crippen LogP contribution is 2.11. The molecule has 14 heavy (non-hydrogen) atoms. The van der Waals surface area contributed by atoms with Gasteiger partial charge in [-0.25, -0.2) is 4.39 Å². The maximum Gasteiger partial charge on any atom is 0.128 e. The first-order valence-electron chi connectivity index (χ1n) is 4.83. The molecule has 0 heterocycles. The minimum absolute atomic E-state index is 0.159. The van der Waals surface area contributed by atoms with Gasteiger partial charge in [-0.15, -0.1) is 0 Å². The molecule has 0 unspecified atom stereocenters. The molecule has 0 atom stereocenters. The number of hydrogen-bond acceptors (Lipinski definition) is 2. The van der Waals surface area contributed by atoms with Crippen LogP contribution in [0.1, 0.15) is 18.1 Å². The maximum atomic E-state index is 13.5. The van der Waals surface area contributed by atoms with Gasteiger partial charge in [-0.1, -0.05) is 19.1 Å². The molecular formula is C11H17FN2. The smallest absolute Gasteiger partial charge is 0.128 e. The average Bonchev–Trinajstić information content (AvgIpc) is 2.20. The SMILES string of the molecule is CCN(C)Cc1ccc(CN)cc1F. The van der Waals surface area contributed by atoms with Crippen LogP contribution in [-0.4, -0.2) is 18.5 Å². The van der Waals surface area contributed by atoms with Crippen molar-refractivity contribution in [2.45, 2.75) is 20.0 Å². The zero-order valence-electron chi connectivity index (χ0n) is 8.76. The molecule has 0 amide bonds. The first-order valence-corrected chi connectivity index (χ1v) is 4.83. The van der Waals surface area contributed by atoms with E-state index < -0.39 is 0 Å². The van der Waals surface area contributed by atoms with E-state index in [0.717, 1.165) is 17.7 Å². The van der Waals surface area contributed by atoms with E-state index >= 15 is 0 Å². The molecule has 1 aromatic rings. The van der Waals surface area contributed by atoms with Gasteiger partial charge < -0.3 is 10.6 Å². The van der Waals surface area contributed by atoms with E-state index in [-0.39, 0.29) is 5.82 Å². The molecule has 1 rings (SSSR count). The van der Waals surface area contributed by atoms with Crippen LogP contribution < -0.4 is 5.73 Å². The van der Waals surface area contributed by atoms with Gasteiger partial charge in [-0.2, -0.15) is 0 Å². The number of nitrogens with zero attached hydrogens (tertiary/aromatic N) is 1. The van der Waals surface area contributed by atoms with Gasteiger partial charge >= 0.3 is 0 Å². The second kappa shape index (κ2) is 5.08. The molecule has 1 aromatic carbocycles. The van der Waals surface area contributed by atoms with Gasteiger partial charge in [0.25, 0.3) is 0 Å². The van der Waals surface area contributed by atoms with E-state index in [9.17, 15) is 4.39 Å². The Morgan fingerprint density at radius 2 is 2.14 bits per heavy atom. The quantitative estimate of drug-likeness (QED) is 0.794. The van der Waals surface area contributed by atoms with E-state index in [1.165, 1.54) is 6.07 Å². The summed E-state index contributed by atoms with van der Waals surface area (Å²) >= 11 is 0. The van der Waals surface area contributed by atoms with Gasteiger partial charge in [0.1, 0.15) is 5.82 Å². The summed E-state index contributed by atoms with van der Waals surface area (Å²) in [6.07, 6.45) is 0. The first-order chi connectivity index (χ1) is 6.67. The van der Waals surface area contributed by atoms with Gasteiger partial charge in [0.05, 0.1) is 0 Å². The topological polar surface area (TPSA) is 29.3 Å². The van der Waals surface area contributed by atoms with E-state index in [0.29, 0.717) is 13.1 Å². The second-order valence-electron chi connectivity index (χ2n) is 3.46. The summed E-state index contributed by atoms with van der Waals surface area (Å²) in [5.74, 6) is -0.159. The molecule has 0 radical (unpaired) electrons. The molecule has 0 fully saturated rings. The summed E-state index contributed by atoms with van der Waals surface area (Å²) in [6.45, 7) is 4.00. The Balaban J connectivity index is 2.78. The van der Waals surface area contributed by atoms with Crippen LogP contribution in [0.15, 0.2) is 18.2 Å². The van der Waals surface area contributed by atoms with Crippen LogP contribution in [0.3, 0.4) is 0 Å². The lowest BCUT2D eigenvalue weighted by Crippen LogP contribution is -2.17. The van der Waals surface area contributed by atoms with Crippen LogP contribution in [0, 0.1) is 5.82 Å². The average molecular weight is 196 g/mol. The Bertz CT molecular complexity index is 299. The lowest BCUT2D eigenvalue weighted by Gasteiger charge is -2.14. The minimum Gasteiger partial charge on any atom is -0.326 e. The fraction of sp³-hybridized carbons (Fsp3) is 0.455. The Labute approximate surface area is 84.5 Å². The summed E-state index contributed by atoms with van der Waals surface area (Å²) in [4.78, 5) is 2.06. The van der Waals surface area contributed by atoms with Crippen molar-refractivity contribution in [2.24, 2.45) is 5.73 Å². The molecule has 0 aliphatic carbocycles. The maximum absolute atomic E-state index is 13.5. The van der Waals surface area contributed by atoms with E-state index in [4.69, 9.17) is 5.73 Å². The highest BCUT2D eigenvalue weighted by Gasteiger charge is 2.04. The molecule has 2 nitrogen and oxygen atoms in total. The van der Waals surface area contributed by atoms with Crippen molar-refractivity contribution in [3.8, 4) is 0 Å². The summed E-state index contributed by atoms with van der Waals surface area (Å²) < 4.78 is 13.5. The molecule has 78 valence electrons. The number of rotatable bonds is 4. The van der Waals surface area contributed by atoms with Gasteiger partial charge in [0, 0.05) is 18.7 Å². The van der Waals surface area contributed by atoms with E-state index in [1.54, 1.807) is 0 Å². The summed E-state index contributed by atoms with van der Waals surface area (Å²) in [7, 11) is 1.97. The van der Waals surface area contributed by atoms with Gasteiger partial charge in [0.2, 0.25) is 0 Å². The fourth-order valence-corrected chi connectivity index (χ4v) is 1.25. The van der Waals surface area contributed by atoms with Crippen molar-refractivity contribution < 1.29 is 4.39 Å². The highest BCUT2D eigenvalue weighted by atomic mass is 19.1. The largest absolute Gasteiger partial charge is 0.326 e.